The van der Waals surface area contributed by atoms with Crippen molar-refractivity contribution in [3.63, 3.8) is 0 Å². The van der Waals surface area contributed by atoms with Crippen LogP contribution in [-0.4, -0.2) is 28.0 Å². The van der Waals surface area contributed by atoms with Gasteiger partial charge in [-0.25, -0.2) is 4.99 Å². The van der Waals surface area contributed by atoms with Gasteiger partial charge in [0, 0.05) is 34.0 Å². The quantitative estimate of drug-likeness (QED) is 0.240. The molecule has 4 aliphatic heterocycles. The predicted molar refractivity (Wildman–Crippen MR) is 148 cm³/mol. The maximum absolute atomic E-state index is 6.79. The largest absolute Gasteiger partial charge is 0.457 e. The van der Waals surface area contributed by atoms with E-state index in [1.807, 2.05) is 42.9 Å². The van der Waals surface area contributed by atoms with E-state index in [0.717, 1.165) is 68.7 Å². The van der Waals surface area contributed by atoms with Crippen molar-refractivity contribution in [1.29, 1.82) is 0 Å². The van der Waals surface area contributed by atoms with Gasteiger partial charge in [0.1, 0.15) is 42.2 Å². The second kappa shape index (κ2) is 7.56. The first kappa shape index (κ1) is 21.0. The Hall–Kier alpha value is -4.94. The second-order valence-corrected chi connectivity index (χ2v) is 10.3. The minimum absolute atomic E-state index is 0.0228. The Labute approximate surface area is 225 Å². The molecule has 0 saturated carbocycles. The molecule has 5 aromatic rings. The zero-order valence-electron chi connectivity index (χ0n) is 20.9. The number of aromatic nitrogens is 1. The third-order valence-electron chi connectivity index (χ3n) is 8.23. The lowest BCUT2D eigenvalue weighted by Gasteiger charge is -2.45. The molecular formula is C33H22N4O2. The van der Waals surface area contributed by atoms with Crippen LogP contribution in [0.3, 0.4) is 0 Å². The average molecular weight is 507 g/mol. The molecule has 1 saturated heterocycles. The van der Waals surface area contributed by atoms with Crippen molar-refractivity contribution in [3.05, 3.63) is 137 Å². The highest BCUT2D eigenvalue weighted by molar-refractivity contribution is 5.77. The van der Waals surface area contributed by atoms with Crippen molar-refractivity contribution < 1.29 is 9.47 Å². The molecule has 2 unspecified atom stereocenters. The minimum atomic E-state index is -0.611. The fraction of sp³-hybridized carbons (Fsp3) is 0.0909. The Kier molecular flexibility index (Phi) is 4.08. The molecule has 4 aromatic carbocycles. The van der Waals surface area contributed by atoms with Gasteiger partial charge in [-0.05, 0) is 42.0 Å². The number of hydrogen-bond donors (Lipinski definition) is 0. The van der Waals surface area contributed by atoms with Crippen LogP contribution < -0.4 is 9.47 Å². The molecule has 39 heavy (non-hydrogen) atoms. The Morgan fingerprint density at radius 2 is 1.33 bits per heavy atom. The topological polar surface area (TPSA) is 49.7 Å². The number of ether oxygens (including phenoxy) is 2. The van der Waals surface area contributed by atoms with Crippen LogP contribution in [0.2, 0.25) is 0 Å². The second-order valence-electron chi connectivity index (χ2n) is 10.3. The molecule has 0 N–H and O–H groups in total. The number of pyridine rings is 1. The smallest absolute Gasteiger partial charge is 0.148 e. The SMILES string of the molecule is C1=NC(c2ccc3c(c2)Oc2cc(-c4ccccn4)ccc2C32c3ccccc3Oc3ccccc32)N2CN12. The summed E-state index contributed by atoms with van der Waals surface area (Å²) in [6.45, 7) is 0.907. The summed E-state index contributed by atoms with van der Waals surface area (Å²) < 4.78 is 13.3. The monoisotopic (exact) mass is 506 g/mol. The van der Waals surface area contributed by atoms with Gasteiger partial charge < -0.3 is 9.47 Å². The molecule has 0 radical (unpaired) electrons. The fourth-order valence-corrected chi connectivity index (χ4v) is 6.46. The summed E-state index contributed by atoms with van der Waals surface area (Å²) in [5, 5.41) is 4.35. The minimum Gasteiger partial charge on any atom is -0.457 e. The van der Waals surface area contributed by atoms with Crippen LogP contribution >= 0.6 is 0 Å². The van der Waals surface area contributed by atoms with Gasteiger partial charge in [0.2, 0.25) is 0 Å². The molecule has 0 bridgehead atoms. The Bertz CT molecular complexity index is 1790. The standard InChI is InChI=1S/C33H22N4O2/c1-3-10-28-23(7-1)33(24-8-2-4-11-29(24)38-28)25-14-12-21(27-9-5-6-16-34-27)17-30(25)39-31-18-22(13-15-26(31)33)32-35-19-36-20-37(32)36/h1-19,32H,20H2. The molecule has 186 valence electrons. The van der Waals surface area contributed by atoms with E-state index in [0.29, 0.717) is 0 Å². The molecule has 2 atom stereocenters. The summed E-state index contributed by atoms with van der Waals surface area (Å²) >= 11 is 0. The van der Waals surface area contributed by atoms with Crippen LogP contribution in [0, 0.1) is 0 Å². The van der Waals surface area contributed by atoms with Crippen LogP contribution in [0.4, 0.5) is 0 Å². The van der Waals surface area contributed by atoms with E-state index in [-0.39, 0.29) is 6.17 Å². The van der Waals surface area contributed by atoms with Gasteiger partial charge in [0.15, 0.2) is 0 Å². The highest BCUT2D eigenvalue weighted by Gasteiger charge is 2.51. The first-order valence-corrected chi connectivity index (χ1v) is 13.1. The molecule has 0 aliphatic carbocycles. The van der Waals surface area contributed by atoms with Crippen LogP contribution in [-0.2, 0) is 5.41 Å². The first-order valence-electron chi connectivity index (χ1n) is 13.1. The summed E-state index contributed by atoms with van der Waals surface area (Å²) in [6, 6.07) is 35.7. The lowest BCUT2D eigenvalue weighted by Crippen LogP contribution is -2.36. The lowest BCUT2D eigenvalue weighted by molar-refractivity contribution is 0.350. The van der Waals surface area contributed by atoms with Crippen molar-refractivity contribution in [2.24, 2.45) is 4.99 Å². The molecule has 9 rings (SSSR count). The highest BCUT2D eigenvalue weighted by Crippen LogP contribution is 2.61. The number of benzene rings is 4. The number of fused-ring (bicyclic) bond motifs is 9. The zero-order chi connectivity index (χ0) is 25.6. The van der Waals surface area contributed by atoms with Crippen molar-refractivity contribution in [2.45, 2.75) is 11.6 Å². The Morgan fingerprint density at radius 3 is 2.03 bits per heavy atom. The summed E-state index contributed by atoms with van der Waals surface area (Å²) in [5.74, 6) is 3.36. The molecule has 1 aromatic heterocycles. The number of hydrazine groups is 1. The summed E-state index contributed by atoms with van der Waals surface area (Å²) in [5.41, 5.74) is 6.80. The predicted octanol–water partition coefficient (Wildman–Crippen LogP) is 6.87. The number of hydrogen-bond acceptors (Lipinski definition) is 6. The van der Waals surface area contributed by atoms with Crippen molar-refractivity contribution in [2.75, 3.05) is 6.67 Å². The lowest BCUT2D eigenvalue weighted by atomic mass is 9.62. The molecule has 6 heteroatoms. The van der Waals surface area contributed by atoms with Gasteiger partial charge in [0.05, 0.1) is 11.1 Å². The van der Waals surface area contributed by atoms with Gasteiger partial charge >= 0.3 is 0 Å². The van der Waals surface area contributed by atoms with Crippen LogP contribution in [0.25, 0.3) is 11.3 Å². The maximum Gasteiger partial charge on any atom is 0.148 e. The highest BCUT2D eigenvalue weighted by atomic mass is 16.5. The maximum atomic E-state index is 6.79. The third-order valence-corrected chi connectivity index (χ3v) is 8.23. The van der Waals surface area contributed by atoms with Gasteiger partial charge in [-0.2, -0.15) is 5.01 Å². The van der Waals surface area contributed by atoms with Crippen molar-refractivity contribution >= 4 is 6.34 Å². The zero-order valence-corrected chi connectivity index (χ0v) is 20.9. The summed E-state index contributed by atoms with van der Waals surface area (Å²) in [6.07, 6.45) is 3.71. The number of aliphatic imine (C=N–C) groups is 1. The van der Waals surface area contributed by atoms with Crippen molar-refractivity contribution in [1.82, 2.24) is 15.0 Å². The first-order chi connectivity index (χ1) is 19.3. The van der Waals surface area contributed by atoms with E-state index in [1.165, 1.54) is 0 Å². The normalized spacial score (nSPS) is 20.2. The summed E-state index contributed by atoms with van der Waals surface area (Å²) in [4.78, 5) is 9.30. The number of rotatable bonds is 2. The van der Waals surface area contributed by atoms with E-state index in [4.69, 9.17) is 14.5 Å². The van der Waals surface area contributed by atoms with Crippen LogP contribution in [0.1, 0.15) is 34.0 Å². The van der Waals surface area contributed by atoms with Gasteiger partial charge in [-0.15, -0.1) is 0 Å². The Morgan fingerprint density at radius 1 is 0.667 bits per heavy atom. The van der Waals surface area contributed by atoms with E-state index in [1.54, 1.807) is 0 Å². The van der Waals surface area contributed by atoms with E-state index < -0.39 is 5.41 Å². The molecule has 1 fully saturated rings. The average Bonchev–Trinajstić information content (AvgIpc) is 3.65. The van der Waals surface area contributed by atoms with Gasteiger partial charge in [-0.3, -0.25) is 9.99 Å². The van der Waals surface area contributed by atoms with Crippen LogP contribution in [0.15, 0.2) is 114 Å². The molecular weight excluding hydrogens is 484 g/mol. The van der Waals surface area contributed by atoms with Gasteiger partial charge in [-0.1, -0.05) is 66.7 Å². The van der Waals surface area contributed by atoms with E-state index >= 15 is 0 Å². The molecule has 1 spiro atoms. The molecule has 5 heterocycles. The molecule has 6 nitrogen and oxygen atoms in total. The number of para-hydroxylation sites is 2. The molecule has 0 amide bonds. The molecule has 4 aliphatic rings. The Balaban J connectivity index is 1.35. The summed E-state index contributed by atoms with van der Waals surface area (Å²) in [7, 11) is 0. The third kappa shape index (κ3) is 2.84. The number of nitrogens with zero attached hydrogens (tertiary/aromatic N) is 4. The van der Waals surface area contributed by atoms with Crippen LogP contribution in [0.5, 0.6) is 23.0 Å². The van der Waals surface area contributed by atoms with E-state index in [2.05, 4.69) is 87.8 Å². The van der Waals surface area contributed by atoms with Gasteiger partial charge in [0.25, 0.3) is 0 Å². The van der Waals surface area contributed by atoms with E-state index in [9.17, 15) is 0 Å². The fourth-order valence-electron chi connectivity index (χ4n) is 6.46. The van der Waals surface area contributed by atoms with Crippen molar-refractivity contribution in [3.8, 4) is 34.3 Å².